The molecule has 10 aromatic rings. The van der Waals surface area contributed by atoms with Crippen LogP contribution in [0.2, 0.25) is 0 Å². The van der Waals surface area contributed by atoms with Gasteiger partial charge >= 0.3 is 0 Å². The Morgan fingerprint density at radius 2 is 0.647 bits per heavy atom. The van der Waals surface area contributed by atoms with Gasteiger partial charge < -0.3 is 19.3 Å². The number of anilines is 6. The molecular weight excluding hydrogens is 869 g/mol. The lowest BCUT2D eigenvalue weighted by molar-refractivity contribution is 0.107. The van der Waals surface area contributed by atoms with E-state index in [2.05, 4.69) is 231 Å². The van der Waals surface area contributed by atoms with E-state index in [4.69, 9.17) is 9.47 Å². The van der Waals surface area contributed by atoms with E-state index >= 15 is 0 Å². The molecule has 0 fully saturated rings. The van der Waals surface area contributed by atoms with Crippen LogP contribution in [-0.4, -0.2) is 0 Å². The van der Waals surface area contributed by atoms with Crippen molar-refractivity contribution >= 4 is 89.1 Å². The summed E-state index contributed by atoms with van der Waals surface area (Å²) in [5, 5.41) is 7.24. The maximum Gasteiger partial charge on any atom is 0.109 e. The van der Waals surface area contributed by atoms with Crippen molar-refractivity contribution in [2.24, 2.45) is 0 Å². The fraction of sp³-hybridized carbons (Fsp3) is 0.0968. The molecule has 8 aromatic carbocycles. The lowest BCUT2D eigenvalue weighted by Gasteiger charge is -2.25. The Bertz CT molecular complexity index is 3090. The van der Waals surface area contributed by atoms with E-state index in [9.17, 15) is 0 Å². The van der Waals surface area contributed by atoms with Crippen molar-refractivity contribution in [3.63, 3.8) is 0 Å². The molecule has 0 aliphatic carbocycles. The van der Waals surface area contributed by atoms with Crippen LogP contribution in [-0.2, 0) is 35.9 Å². The predicted octanol–water partition coefficient (Wildman–Crippen LogP) is 18.1. The van der Waals surface area contributed by atoms with Crippen molar-refractivity contribution in [3.05, 3.63) is 252 Å². The average Bonchev–Trinajstić information content (AvgIpc) is 3.95. The number of rotatable bonds is 17. The number of ether oxygens (including phenoxy) is 2. The standard InChI is InChI=1S/C62H52N2O2S2/c1-5-45-19-23-47(24-20-45)39-65-41-49-27-35-53(36-28-49)63(51-31-15-43(3)16-32-51)61-57-13-9-7-11-55(57)59(67-61)60-56-12-8-10-14-58(56)62(68-60)64(52-33-17-44(4)18-34-52)54-37-29-50(30-38-54)42-66-40-48-25-21-46(6-2)22-26-48/h5-38H,1-2,39-42H2,3-4H3. The molecule has 4 nitrogen and oxygen atoms in total. The number of benzene rings is 8. The Labute approximate surface area is 407 Å². The molecule has 0 atom stereocenters. The van der Waals surface area contributed by atoms with Crippen molar-refractivity contribution in [2.45, 2.75) is 40.3 Å². The van der Waals surface area contributed by atoms with Gasteiger partial charge in [-0.3, -0.25) is 0 Å². The zero-order chi connectivity index (χ0) is 46.4. The third-order valence-corrected chi connectivity index (χ3v) is 14.9. The molecule has 0 spiro atoms. The summed E-state index contributed by atoms with van der Waals surface area (Å²) in [6.45, 7) is 14.2. The molecule has 2 aromatic heterocycles. The predicted molar refractivity (Wildman–Crippen MR) is 292 cm³/mol. The SMILES string of the molecule is C=Cc1ccc(COCc2ccc(N(c3ccc(C)cc3)c3sc(-c4sc(N(c5ccc(C)cc5)c5ccc(COCc6ccc(C=C)cc6)cc5)c5ccccc45)c4ccccc34)cc2)cc1. The first-order valence-electron chi connectivity index (χ1n) is 23.0. The molecule has 0 radical (unpaired) electrons. The fourth-order valence-electron chi connectivity index (χ4n) is 8.53. The number of fused-ring (bicyclic) bond motifs is 2. The molecule has 0 unspecified atom stereocenters. The van der Waals surface area contributed by atoms with E-state index < -0.39 is 0 Å². The maximum atomic E-state index is 6.18. The third-order valence-electron chi connectivity index (χ3n) is 12.3. The summed E-state index contributed by atoms with van der Waals surface area (Å²) in [5.74, 6) is 0. The Morgan fingerprint density at radius 3 is 0.956 bits per heavy atom. The van der Waals surface area contributed by atoms with Gasteiger partial charge in [0, 0.05) is 44.3 Å². The summed E-state index contributed by atoms with van der Waals surface area (Å²) in [4.78, 5) is 7.34. The molecule has 0 N–H and O–H groups in total. The first-order valence-corrected chi connectivity index (χ1v) is 24.6. The molecule has 6 heteroatoms. The molecule has 0 aliphatic rings. The van der Waals surface area contributed by atoms with E-state index in [1.165, 1.54) is 52.4 Å². The molecule has 68 heavy (non-hydrogen) atoms. The van der Waals surface area contributed by atoms with Crippen molar-refractivity contribution < 1.29 is 9.47 Å². The normalized spacial score (nSPS) is 11.3. The largest absolute Gasteiger partial charge is 0.372 e. The number of aryl methyl sites for hydroxylation is 2. The molecular formula is C62H52N2O2S2. The van der Waals surface area contributed by atoms with Gasteiger partial charge in [0.2, 0.25) is 0 Å². The first-order chi connectivity index (χ1) is 33.4. The van der Waals surface area contributed by atoms with Crippen molar-refractivity contribution in [1.82, 2.24) is 0 Å². The van der Waals surface area contributed by atoms with Crippen LogP contribution in [0.1, 0.15) is 44.5 Å². The zero-order valence-corrected chi connectivity index (χ0v) is 40.0. The van der Waals surface area contributed by atoms with E-state index in [1.54, 1.807) is 0 Å². The minimum absolute atomic E-state index is 0.526. The Balaban J connectivity index is 1.00. The van der Waals surface area contributed by atoms with Gasteiger partial charge in [-0.05, 0) is 95.8 Å². The van der Waals surface area contributed by atoms with E-state index in [0.717, 1.165) is 56.1 Å². The second kappa shape index (κ2) is 20.3. The summed E-state index contributed by atoms with van der Waals surface area (Å²) in [6, 6.07) is 69.8. The summed E-state index contributed by atoms with van der Waals surface area (Å²) < 4.78 is 12.4. The molecule has 0 aliphatic heterocycles. The summed E-state index contributed by atoms with van der Waals surface area (Å²) in [5.41, 5.74) is 13.6. The molecule has 0 saturated carbocycles. The topological polar surface area (TPSA) is 24.9 Å². The highest BCUT2D eigenvalue weighted by Crippen LogP contribution is 2.55. The number of nitrogens with zero attached hydrogens (tertiary/aromatic N) is 2. The second-order valence-corrected chi connectivity index (χ2v) is 19.1. The summed E-state index contributed by atoms with van der Waals surface area (Å²) >= 11 is 3.72. The van der Waals surface area contributed by atoms with Crippen LogP contribution in [0.4, 0.5) is 32.8 Å². The highest BCUT2D eigenvalue weighted by atomic mass is 32.1. The molecule has 2 heterocycles. The van der Waals surface area contributed by atoms with Gasteiger partial charge in [-0.15, -0.1) is 22.7 Å². The third kappa shape index (κ3) is 9.59. The number of hydrogen-bond acceptors (Lipinski definition) is 6. The van der Waals surface area contributed by atoms with Crippen molar-refractivity contribution in [1.29, 1.82) is 0 Å². The lowest BCUT2D eigenvalue weighted by Crippen LogP contribution is -2.09. The Kier molecular flexibility index (Phi) is 13.3. The highest BCUT2D eigenvalue weighted by molar-refractivity contribution is 7.28. The van der Waals surface area contributed by atoms with Gasteiger partial charge in [-0.2, -0.15) is 0 Å². The average molecular weight is 921 g/mol. The van der Waals surface area contributed by atoms with Gasteiger partial charge in [0.25, 0.3) is 0 Å². The van der Waals surface area contributed by atoms with Crippen LogP contribution in [0.3, 0.4) is 0 Å². The van der Waals surface area contributed by atoms with Crippen LogP contribution < -0.4 is 9.80 Å². The van der Waals surface area contributed by atoms with Gasteiger partial charge in [-0.1, -0.05) is 182 Å². The minimum atomic E-state index is 0.526. The second-order valence-electron chi connectivity index (χ2n) is 17.1. The summed E-state index contributed by atoms with van der Waals surface area (Å²) in [7, 11) is 0. The smallest absolute Gasteiger partial charge is 0.109 e. The minimum Gasteiger partial charge on any atom is -0.372 e. The number of hydrogen-bond donors (Lipinski definition) is 0. The van der Waals surface area contributed by atoms with Crippen LogP contribution in [0, 0.1) is 13.8 Å². The van der Waals surface area contributed by atoms with E-state index in [0.29, 0.717) is 26.4 Å². The van der Waals surface area contributed by atoms with Gasteiger partial charge in [0.1, 0.15) is 10.0 Å². The van der Waals surface area contributed by atoms with Crippen LogP contribution in [0.15, 0.2) is 207 Å². The Morgan fingerprint density at radius 1 is 0.368 bits per heavy atom. The lowest BCUT2D eigenvalue weighted by atomic mass is 10.1. The zero-order valence-electron chi connectivity index (χ0n) is 38.4. The monoisotopic (exact) mass is 920 g/mol. The molecule has 334 valence electrons. The van der Waals surface area contributed by atoms with Crippen molar-refractivity contribution in [2.75, 3.05) is 9.80 Å². The quantitative estimate of drug-likeness (QED) is 0.0908. The van der Waals surface area contributed by atoms with E-state index in [-0.39, 0.29) is 0 Å². The van der Waals surface area contributed by atoms with Crippen LogP contribution in [0.5, 0.6) is 0 Å². The summed E-state index contributed by atoms with van der Waals surface area (Å²) in [6.07, 6.45) is 3.72. The van der Waals surface area contributed by atoms with Gasteiger partial charge in [0.15, 0.2) is 0 Å². The molecule has 0 bridgehead atoms. The van der Waals surface area contributed by atoms with Crippen LogP contribution >= 0.6 is 22.7 Å². The van der Waals surface area contributed by atoms with Gasteiger partial charge in [0.05, 0.1) is 36.2 Å². The maximum absolute atomic E-state index is 6.18. The fourth-order valence-corrected chi connectivity index (χ4v) is 11.3. The highest BCUT2D eigenvalue weighted by Gasteiger charge is 2.26. The molecule has 0 amide bonds. The van der Waals surface area contributed by atoms with E-state index in [1.807, 2.05) is 34.8 Å². The Hall–Kier alpha value is -7.32. The molecule has 10 rings (SSSR count). The van der Waals surface area contributed by atoms with Crippen molar-refractivity contribution in [3.8, 4) is 9.75 Å². The molecule has 0 saturated heterocycles. The van der Waals surface area contributed by atoms with Gasteiger partial charge in [-0.25, -0.2) is 0 Å². The first kappa shape index (κ1) is 44.5. The number of thiophene rings is 2. The van der Waals surface area contributed by atoms with Crippen LogP contribution in [0.25, 0.3) is 43.5 Å².